The predicted octanol–water partition coefficient (Wildman–Crippen LogP) is 5.63. The number of hydrogen-bond acceptors (Lipinski definition) is 6. The van der Waals surface area contributed by atoms with Crippen molar-refractivity contribution >= 4 is 36.7 Å². The first kappa shape index (κ1) is 26.5. The van der Waals surface area contributed by atoms with E-state index in [4.69, 9.17) is 4.43 Å². The molecule has 10 heteroatoms. The molecule has 0 saturated carbocycles. The summed E-state index contributed by atoms with van der Waals surface area (Å²) in [6, 6.07) is 6.58. The predicted molar refractivity (Wildman–Crippen MR) is 133 cm³/mol. The van der Waals surface area contributed by atoms with E-state index < -0.39 is 31.5 Å². The van der Waals surface area contributed by atoms with Gasteiger partial charge in [-0.25, -0.2) is 9.78 Å². The zero-order chi connectivity index (χ0) is 25.2. The van der Waals surface area contributed by atoms with Crippen LogP contribution in [0.25, 0.3) is 10.9 Å². The normalized spacial score (nSPS) is 14.5. The fourth-order valence-corrected chi connectivity index (χ4v) is 4.90. The van der Waals surface area contributed by atoms with Crippen molar-refractivity contribution in [3.05, 3.63) is 40.6 Å². The highest BCUT2D eigenvalue weighted by molar-refractivity contribution is 6.74. The van der Waals surface area contributed by atoms with E-state index in [2.05, 4.69) is 49.5 Å². The molecule has 0 saturated heterocycles. The molecule has 2 rings (SSSR count). The lowest BCUT2D eigenvalue weighted by Gasteiger charge is -2.46. The SMILES string of the molecule is CC(C)(C)C(O[Si](C)(C)C(C)(C)C)[C@H](CNC(=O)O)Nc1c([N+](=O)[O-])cnc2ccccc12. The van der Waals surface area contributed by atoms with Crippen LogP contribution in [0.2, 0.25) is 18.1 Å². The molecule has 0 bridgehead atoms. The van der Waals surface area contributed by atoms with Gasteiger partial charge in [-0.3, -0.25) is 10.1 Å². The van der Waals surface area contributed by atoms with Gasteiger partial charge in [0.25, 0.3) is 0 Å². The highest BCUT2D eigenvalue weighted by Crippen LogP contribution is 2.41. The van der Waals surface area contributed by atoms with Crippen molar-refractivity contribution in [2.45, 2.75) is 71.8 Å². The Bertz CT molecular complexity index is 1010. The van der Waals surface area contributed by atoms with Gasteiger partial charge < -0.3 is 20.2 Å². The third kappa shape index (κ3) is 6.41. The van der Waals surface area contributed by atoms with E-state index in [-0.39, 0.29) is 22.7 Å². The number of para-hydroxylation sites is 1. The van der Waals surface area contributed by atoms with Gasteiger partial charge in [0.15, 0.2) is 8.32 Å². The Balaban J connectivity index is 2.63. The van der Waals surface area contributed by atoms with Gasteiger partial charge in [0, 0.05) is 11.9 Å². The molecule has 1 aromatic carbocycles. The molecule has 33 heavy (non-hydrogen) atoms. The topological polar surface area (TPSA) is 127 Å². The van der Waals surface area contributed by atoms with Gasteiger partial charge in [-0.15, -0.1) is 0 Å². The maximum absolute atomic E-state index is 11.8. The Hall–Kier alpha value is -2.72. The minimum absolute atomic E-state index is 0.0136. The molecule has 2 aromatic rings. The summed E-state index contributed by atoms with van der Waals surface area (Å²) < 4.78 is 6.80. The summed E-state index contributed by atoms with van der Waals surface area (Å²) in [5.74, 6) is 0. The molecule has 9 nitrogen and oxygen atoms in total. The number of anilines is 1. The Morgan fingerprint density at radius 1 is 1.21 bits per heavy atom. The molecule has 0 radical (unpaired) electrons. The Labute approximate surface area is 196 Å². The summed E-state index contributed by atoms with van der Waals surface area (Å²) in [6.45, 7) is 16.8. The molecule has 2 atom stereocenters. The van der Waals surface area contributed by atoms with Gasteiger partial charge in [-0.1, -0.05) is 59.7 Å². The van der Waals surface area contributed by atoms with Gasteiger partial charge in [-0.05, 0) is 29.6 Å². The van der Waals surface area contributed by atoms with Gasteiger partial charge in [0.1, 0.15) is 11.9 Å². The number of hydrogen-bond donors (Lipinski definition) is 3. The van der Waals surface area contributed by atoms with Crippen LogP contribution in [-0.4, -0.2) is 48.1 Å². The van der Waals surface area contributed by atoms with E-state index in [1.807, 2.05) is 26.8 Å². The van der Waals surface area contributed by atoms with E-state index in [0.717, 1.165) is 0 Å². The fourth-order valence-electron chi connectivity index (χ4n) is 3.39. The van der Waals surface area contributed by atoms with Gasteiger partial charge in [0.2, 0.25) is 0 Å². The van der Waals surface area contributed by atoms with Crippen LogP contribution < -0.4 is 10.6 Å². The Kier molecular flexibility index (Phi) is 7.75. The number of carboxylic acid groups (broad SMARTS) is 1. The molecular formula is C23H36N4O5Si. The first-order valence-electron chi connectivity index (χ1n) is 11.0. The maximum atomic E-state index is 11.8. The third-order valence-corrected chi connectivity index (χ3v) is 10.7. The number of pyridine rings is 1. The van der Waals surface area contributed by atoms with E-state index in [1.54, 1.807) is 18.2 Å². The van der Waals surface area contributed by atoms with E-state index in [9.17, 15) is 20.0 Å². The maximum Gasteiger partial charge on any atom is 0.404 e. The van der Waals surface area contributed by atoms with Crippen LogP contribution >= 0.6 is 0 Å². The Morgan fingerprint density at radius 3 is 2.33 bits per heavy atom. The minimum atomic E-state index is -2.26. The molecule has 1 amide bonds. The summed E-state index contributed by atoms with van der Waals surface area (Å²) in [7, 11) is -2.26. The quantitative estimate of drug-likeness (QED) is 0.256. The zero-order valence-electron chi connectivity index (χ0n) is 20.7. The fraction of sp³-hybridized carbons (Fsp3) is 0.565. The standard InChI is InChI=1S/C23H36N4O5Si/c1-22(2,3)20(32-33(7,8)23(4,5)6)17(13-25-21(28)29)26-19-15-11-9-10-12-16(15)24-14-18(19)27(30)31/h9-12,14,17,20,25H,13H2,1-8H3,(H,24,26)(H,28,29)/t17-,20?/m0/s1. The Morgan fingerprint density at radius 2 is 1.82 bits per heavy atom. The molecule has 0 aliphatic rings. The lowest BCUT2D eigenvalue weighted by Crippen LogP contribution is -2.56. The third-order valence-electron chi connectivity index (χ3n) is 6.20. The summed E-state index contributed by atoms with van der Waals surface area (Å²) in [6.07, 6.45) is -0.375. The molecule has 1 aromatic heterocycles. The first-order valence-corrected chi connectivity index (χ1v) is 13.9. The average Bonchev–Trinajstić information content (AvgIpc) is 2.67. The zero-order valence-corrected chi connectivity index (χ0v) is 21.7. The van der Waals surface area contributed by atoms with Gasteiger partial charge in [-0.2, -0.15) is 0 Å². The lowest BCUT2D eigenvalue weighted by atomic mass is 9.84. The van der Waals surface area contributed by atoms with Crippen LogP contribution in [0.3, 0.4) is 0 Å². The number of benzene rings is 1. The van der Waals surface area contributed by atoms with Crippen LogP contribution in [0.1, 0.15) is 41.5 Å². The molecule has 1 unspecified atom stereocenters. The van der Waals surface area contributed by atoms with Gasteiger partial charge >= 0.3 is 11.8 Å². The van der Waals surface area contributed by atoms with Crippen LogP contribution in [0.15, 0.2) is 30.5 Å². The molecule has 0 fully saturated rings. The monoisotopic (exact) mass is 476 g/mol. The van der Waals surface area contributed by atoms with Crippen LogP contribution in [0, 0.1) is 15.5 Å². The van der Waals surface area contributed by atoms with E-state index in [1.165, 1.54) is 6.20 Å². The van der Waals surface area contributed by atoms with Crippen LogP contribution in [-0.2, 0) is 4.43 Å². The largest absolute Gasteiger partial charge is 0.465 e. The second kappa shape index (κ2) is 9.64. The number of fused-ring (bicyclic) bond motifs is 1. The molecular weight excluding hydrogens is 440 g/mol. The number of nitrogens with zero attached hydrogens (tertiary/aromatic N) is 2. The highest BCUT2D eigenvalue weighted by atomic mass is 28.4. The van der Waals surface area contributed by atoms with Crippen molar-refractivity contribution in [3.63, 3.8) is 0 Å². The smallest absolute Gasteiger partial charge is 0.404 e. The summed E-state index contributed by atoms with van der Waals surface area (Å²) in [5.41, 5.74) is 0.350. The number of aromatic nitrogens is 1. The van der Waals surface area contributed by atoms with E-state index in [0.29, 0.717) is 16.6 Å². The number of nitro groups is 1. The molecule has 0 aliphatic heterocycles. The lowest BCUT2D eigenvalue weighted by molar-refractivity contribution is -0.384. The van der Waals surface area contributed by atoms with Crippen LogP contribution in [0.5, 0.6) is 0 Å². The average molecular weight is 477 g/mol. The van der Waals surface area contributed by atoms with Crippen molar-refractivity contribution in [3.8, 4) is 0 Å². The second-order valence-electron chi connectivity index (χ2n) is 10.9. The van der Waals surface area contributed by atoms with Crippen LogP contribution in [0.4, 0.5) is 16.2 Å². The van der Waals surface area contributed by atoms with Crippen molar-refractivity contribution in [1.82, 2.24) is 10.3 Å². The van der Waals surface area contributed by atoms with Crippen molar-refractivity contribution in [2.24, 2.45) is 5.41 Å². The molecule has 3 N–H and O–H groups in total. The van der Waals surface area contributed by atoms with Crippen molar-refractivity contribution in [1.29, 1.82) is 0 Å². The molecule has 0 aliphatic carbocycles. The number of carbonyl (C=O) groups is 1. The summed E-state index contributed by atoms with van der Waals surface area (Å²) in [5, 5.41) is 27.4. The second-order valence-corrected chi connectivity index (χ2v) is 15.7. The molecule has 182 valence electrons. The number of rotatable bonds is 8. The van der Waals surface area contributed by atoms with Crippen molar-refractivity contribution < 1.29 is 19.3 Å². The number of amides is 1. The van der Waals surface area contributed by atoms with Gasteiger partial charge in [0.05, 0.1) is 22.6 Å². The van der Waals surface area contributed by atoms with Crippen molar-refractivity contribution in [2.75, 3.05) is 11.9 Å². The molecule has 1 heterocycles. The number of nitrogens with one attached hydrogen (secondary N) is 2. The van der Waals surface area contributed by atoms with E-state index >= 15 is 0 Å². The first-order chi connectivity index (χ1) is 15.0. The summed E-state index contributed by atoms with van der Waals surface area (Å²) in [4.78, 5) is 26.9. The highest BCUT2D eigenvalue weighted by Gasteiger charge is 2.44. The molecule has 0 spiro atoms. The summed E-state index contributed by atoms with van der Waals surface area (Å²) >= 11 is 0. The minimum Gasteiger partial charge on any atom is -0.465 e.